The summed E-state index contributed by atoms with van der Waals surface area (Å²) in [6.45, 7) is 8.01. The predicted octanol–water partition coefficient (Wildman–Crippen LogP) is 3.29. The Morgan fingerprint density at radius 2 is 1.60 bits per heavy atom. The van der Waals surface area contributed by atoms with Crippen molar-refractivity contribution in [2.75, 3.05) is 20.3 Å². The third-order valence-corrected chi connectivity index (χ3v) is 5.57. The fourth-order valence-corrected chi connectivity index (χ4v) is 3.97. The van der Waals surface area contributed by atoms with Crippen molar-refractivity contribution in [3.63, 3.8) is 0 Å². The molecule has 6 heteroatoms. The van der Waals surface area contributed by atoms with E-state index < -0.39 is 10.0 Å². The van der Waals surface area contributed by atoms with E-state index in [0.717, 1.165) is 22.4 Å². The molecule has 25 heavy (non-hydrogen) atoms. The summed E-state index contributed by atoms with van der Waals surface area (Å²) < 4.78 is 38.5. The second-order valence-corrected chi connectivity index (χ2v) is 7.84. The summed E-state index contributed by atoms with van der Waals surface area (Å²) in [6, 6.07) is 9.26. The van der Waals surface area contributed by atoms with Crippen molar-refractivity contribution in [1.29, 1.82) is 0 Å². The van der Waals surface area contributed by atoms with Crippen molar-refractivity contribution in [1.82, 2.24) is 4.72 Å². The molecule has 0 atom stereocenters. The lowest BCUT2D eigenvalue weighted by atomic mass is 10.1. The van der Waals surface area contributed by atoms with Crippen molar-refractivity contribution in [2.24, 2.45) is 0 Å². The van der Waals surface area contributed by atoms with E-state index in [2.05, 4.69) is 4.72 Å². The molecule has 1 N–H and O–H groups in total. The van der Waals surface area contributed by atoms with E-state index >= 15 is 0 Å². The first-order valence-corrected chi connectivity index (χ1v) is 9.58. The number of rotatable bonds is 7. The number of nitrogens with one attached hydrogen (secondary N) is 1. The van der Waals surface area contributed by atoms with E-state index in [4.69, 9.17) is 9.47 Å². The lowest BCUT2D eigenvalue weighted by Gasteiger charge is -2.14. The second-order valence-electron chi connectivity index (χ2n) is 6.10. The molecule has 0 aliphatic heterocycles. The van der Waals surface area contributed by atoms with E-state index in [1.165, 1.54) is 0 Å². The fraction of sp³-hybridized carbons (Fsp3) is 0.368. The number of hydrogen-bond acceptors (Lipinski definition) is 4. The number of methoxy groups -OCH3 is 1. The normalized spacial score (nSPS) is 11.4. The third kappa shape index (κ3) is 4.74. The smallest absolute Gasteiger partial charge is 0.240 e. The standard InChI is InChI=1S/C19H25NO4S/c1-13-6-7-17(14(2)10-13)24-9-8-20-25(21,22)19-12-15(3)18(23-5)11-16(19)4/h6-7,10-12,20H,8-9H2,1-5H3. The Kier molecular flexibility index (Phi) is 6.08. The maximum atomic E-state index is 12.5. The Hall–Kier alpha value is -2.05. The predicted molar refractivity (Wildman–Crippen MR) is 99.1 cm³/mol. The Labute approximate surface area is 150 Å². The van der Waals surface area contributed by atoms with Crippen LogP contribution in [-0.4, -0.2) is 28.7 Å². The summed E-state index contributed by atoms with van der Waals surface area (Å²) in [5, 5.41) is 0. The number of hydrogen-bond donors (Lipinski definition) is 1. The van der Waals surface area contributed by atoms with Crippen molar-refractivity contribution >= 4 is 10.0 Å². The first kappa shape index (κ1) is 19.3. The lowest BCUT2D eigenvalue weighted by Crippen LogP contribution is -2.29. The molecule has 0 saturated carbocycles. The van der Waals surface area contributed by atoms with Gasteiger partial charge in [-0.15, -0.1) is 0 Å². The number of aryl methyl sites for hydroxylation is 4. The highest BCUT2D eigenvalue weighted by Crippen LogP contribution is 2.25. The summed E-state index contributed by atoms with van der Waals surface area (Å²) in [5.41, 5.74) is 3.62. The van der Waals surface area contributed by atoms with Crippen LogP contribution in [0.3, 0.4) is 0 Å². The minimum absolute atomic E-state index is 0.195. The van der Waals surface area contributed by atoms with Gasteiger partial charge < -0.3 is 9.47 Å². The molecule has 5 nitrogen and oxygen atoms in total. The molecule has 0 spiro atoms. The van der Waals surface area contributed by atoms with Gasteiger partial charge in [0.2, 0.25) is 10.0 Å². The summed E-state index contributed by atoms with van der Waals surface area (Å²) in [7, 11) is -2.03. The lowest BCUT2D eigenvalue weighted by molar-refractivity contribution is 0.320. The molecule has 2 aromatic rings. The van der Waals surface area contributed by atoms with Gasteiger partial charge in [0.15, 0.2) is 0 Å². The maximum absolute atomic E-state index is 12.5. The monoisotopic (exact) mass is 363 g/mol. The van der Waals surface area contributed by atoms with Crippen LogP contribution in [0.5, 0.6) is 11.5 Å². The zero-order valence-corrected chi connectivity index (χ0v) is 16.2. The largest absolute Gasteiger partial charge is 0.496 e. The van der Waals surface area contributed by atoms with Crippen LogP contribution >= 0.6 is 0 Å². The average molecular weight is 363 g/mol. The number of benzene rings is 2. The SMILES string of the molecule is COc1cc(C)c(S(=O)(=O)NCCOc2ccc(C)cc2C)cc1C. The molecule has 0 unspecified atom stereocenters. The third-order valence-electron chi connectivity index (χ3n) is 3.96. The van der Waals surface area contributed by atoms with Gasteiger partial charge in [-0.3, -0.25) is 0 Å². The minimum Gasteiger partial charge on any atom is -0.496 e. The number of sulfonamides is 1. The highest BCUT2D eigenvalue weighted by molar-refractivity contribution is 7.89. The van der Waals surface area contributed by atoms with E-state index in [-0.39, 0.29) is 18.0 Å². The molecule has 0 fully saturated rings. The van der Waals surface area contributed by atoms with Crippen LogP contribution in [0, 0.1) is 27.7 Å². The van der Waals surface area contributed by atoms with Gasteiger partial charge in [-0.1, -0.05) is 17.7 Å². The Bertz CT molecular complexity index is 860. The van der Waals surface area contributed by atoms with Gasteiger partial charge in [0.25, 0.3) is 0 Å². The van der Waals surface area contributed by atoms with Gasteiger partial charge in [-0.25, -0.2) is 13.1 Å². The summed E-state index contributed by atoms with van der Waals surface area (Å²) in [6.07, 6.45) is 0. The van der Waals surface area contributed by atoms with Crippen molar-refractivity contribution in [3.8, 4) is 11.5 Å². The molecule has 0 aliphatic carbocycles. The molecule has 136 valence electrons. The number of ether oxygens (including phenoxy) is 2. The molecule has 0 heterocycles. The van der Waals surface area contributed by atoms with Crippen molar-refractivity contribution in [3.05, 3.63) is 52.6 Å². The molecule has 0 bridgehead atoms. The van der Waals surface area contributed by atoms with Crippen LogP contribution in [0.4, 0.5) is 0 Å². The fourth-order valence-electron chi connectivity index (χ4n) is 2.65. The highest BCUT2D eigenvalue weighted by Gasteiger charge is 2.18. The zero-order valence-electron chi connectivity index (χ0n) is 15.3. The molecule has 0 aromatic heterocycles. The summed E-state index contributed by atoms with van der Waals surface area (Å²) >= 11 is 0. The minimum atomic E-state index is -3.60. The highest BCUT2D eigenvalue weighted by atomic mass is 32.2. The van der Waals surface area contributed by atoms with E-state index in [9.17, 15) is 8.42 Å². The molecular weight excluding hydrogens is 338 g/mol. The van der Waals surface area contributed by atoms with Crippen LogP contribution < -0.4 is 14.2 Å². The Morgan fingerprint density at radius 3 is 2.24 bits per heavy atom. The van der Waals surface area contributed by atoms with Crippen molar-refractivity contribution in [2.45, 2.75) is 32.6 Å². The van der Waals surface area contributed by atoms with E-state index in [1.54, 1.807) is 26.2 Å². The molecule has 0 radical (unpaired) electrons. The van der Waals surface area contributed by atoms with E-state index in [0.29, 0.717) is 11.3 Å². The molecule has 2 aromatic carbocycles. The maximum Gasteiger partial charge on any atom is 0.240 e. The topological polar surface area (TPSA) is 64.6 Å². The molecule has 0 aliphatic rings. The van der Waals surface area contributed by atoms with Crippen LogP contribution in [0.25, 0.3) is 0 Å². The Morgan fingerprint density at radius 1 is 0.920 bits per heavy atom. The Balaban J connectivity index is 2.01. The van der Waals surface area contributed by atoms with Gasteiger partial charge in [-0.2, -0.15) is 0 Å². The first-order chi connectivity index (χ1) is 11.7. The van der Waals surface area contributed by atoms with Crippen LogP contribution in [0.2, 0.25) is 0 Å². The first-order valence-electron chi connectivity index (χ1n) is 8.09. The van der Waals surface area contributed by atoms with Crippen LogP contribution in [0.1, 0.15) is 22.3 Å². The second kappa shape index (κ2) is 7.89. The summed E-state index contributed by atoms with van der Waals surface area (Å²) in [4.78, 5) is 0.261. The molecule has 0 amide bonds. The van der Waals surface area contributed by atoms with Gasteiger partial charge in [0, 0.05) is 6.54 Å². The molecule has 0 saturated heterocycles. The van der Waals surface area contributed by atoms with Crippen molar-refractivity contribution < 1.29 is 17.9 Å². The van der Waals surface area contributed by atoms with Crippen LogP contribution in [-0.2, 0) is 10.0 Å². The quantitative estimate of drug-likeness (QED) is 0.767. The molecule has 2 rings (SSSR count). The average Bonchev–Trinajstić information content (AvgIpc) is 2.54. The van der Waals surface area contributed by atoms with Gasteiger partial charge in [0.05, 0.1) is 12.0 Å². The van der Waals surface area contributed by atoms with Gasteiger partial charge in [0.1, 0.15) is 18.1 Å². The molecular formula is C19H25NO4S. The summed E-state index contributed by atoms with van der Waals surface area (Å²) in [5.74, 6) is 1.44. The van der Waals surface area contributed by atoms with Gasteiger partial charge >= 0.3 is 0 Å². The van der Waals surface area contributed by atoms with Crippen LogP contribution in [0.15, 0.2) is 35.2 Å². The van der Waals surface area contributed by atoms with Gasteiger partial charge in [-0.05, 0) is 62.6 Å². The van der Waals surface area contributed by atoms with E-state index in [1.807, 2.05) is 39.0 Å². The zero-order chi connectivity index (χ0) is 18.6.